The van der Waals surface area contributed by atoms with Gasteiger partial charge in [0.05, 0.1) is 19.3 Å². The standard InChI is InChI=1S/C10H20NO2PS/c1-3-5-8-12-14(15,10-7-11)13-9-6-4-2/h3-6,8-10H2,1-2H3. The van der Waals surface area contributed by atoms with Crippen LogP contribution < -0.4 is 0 Å². The van der Waals surface area contributed by atoms with Crippen LogP contribution in [0.25, 0.3) is 0 Å². The van der Waals surface area contributed by atoms with Crippen LogP contribution in [0.1, 0.15) is 39.5 Å². The predicted octanol–water partition coefficient (Wildman–Crippen LogP) is 3.45. The molecule has 0 bridgehead atoms. The zero-order valence-corrected chi connectivity index (χ0v) is 11.3. The summed E-state index contributed by atoms with van der Waals surface area (Å²) >= 11 is 5.27. The van der Waals surface area contributed by atoms with E-state index in [9.17, 15) is 0 Å². The van der Waals surface area contributed by atoms with Gasteiger partial charge in [-0.2, -0.15) is 5.26 Å². The van der Waals surface area contributed by atoms with Crippen molar-refractivity contribution in [2.45, 2.75) is 39.5 Å². The van der Waals surface area contributed by atoms with Crippen LogP contribution >= 0.6 is 6.49 Å². The molecule has 0 radical (unpaired) electrons. The molecule has 0 unspecified atom stereocenters. The third-order valence-electron chi connectivity index (χ3n) is 1.84. The van der Waals surface area contributed by atoms with Crippen LogP contribution in [0.3, 0.4) is 0 Å². The van der Waals surface area contributed by atoms with Crippen LogP contribution in [0, 0.1) is 11.3 Å². The van der Waals surface area contributed by atoms with Gasteiger partial charge in [-0.1, -0.05) is 26.7 Å². The topological polar surface area (TPSA) is 42.2 Å². The highest BCUT2D eigenvalue weighted by Crippen LogP contribution is 2.48. The second-order valence-corrected chi connectivity index (χ2v) is 7.02. The molecule has 0 saturated heterocycles. The Balaban J connectivity index is 3.96. The minimum Gasteiger partial charge on any atom is -0.329 e. The Hall–Kier alpha value is 0.0600. The third-order valence-corrected chi connectivity index (χ3v) is 4.54. The Morgan fingerprint density at radius 2 is 1.60 bits per heavy atom. The Morgan fingerprint density at radius 3 is 1.93 bits per heavy atom. The predicted molar refractivity (Wildman–Crippen MR) is 66.5 cm³/mol. The zero-order valence-electron chi connectivity index (χ0n) is 9.57. The maximum Gasteiger partial charge on any atom is 0.202 e. The number of hydrogen-bond acceptors (Lipinski definition) is 4. The molecule has 5 heteroatoms. The van der Waals surface area contributed by atoms with Crippen LogP contribution in [0.4, 0.5) is 0 Å². The molecule has 0 spiro atoms. The van der Waals surface area contributed by atoms with Gasteiger partial charge >= 0.3 is 0 Å². The van der Waals surface area contributed by atoms with Crippen molar-refractivity contribution in [1.82, 2.24) is 0 Å². The van der Waals surface area contributed by atoms with Crippen LogP contribution in [0.2, 0.25) is 0 Å². The fraction of sp³-hybridized carbons (Fsp3) is 0.900. The van der Waals surface area contributed by atoms with Gasteiger partial charge < -0.3 is 9.05 Å². The zero-order chi connectivity index (χ0) is 11.6. The third kappa shape index (κ3) is 7.93. The lowest BCUT2D eigenvalue weighted by Crippen LogP contribution is -2.01. The van der Waals surface area contributed by atoms with Crippen LogP contribution in [0.15, 0.2) is 0 Å². The largest absolute Gasteiger partial charge is 0.329 e. The van der Waals surface area contributed by atoms with Crippen LogP contribution in [-0.2, 0) is 20.9 Å². The Kier molecular flexibility index (Phi) is 9.33. The molecule has 0 saturated carbocycles. The summed E-state index contributed by atoms with van der Waals surface area (Å²) in [6.45, 7) is 3.10. The Labute approximate surface area is 97.9 Å². The van der Waals surface area contributed by atoms with E-state index in [0.717, 1.165) is 25.7 Å². The number of rotatable bonds is 9. The van der Waals surface area contributed by atoms with Gasteiger partial charge in [-0.3, -0.25) is 0 Å². The first-order chi connectivity index (χ1) is 7.18. The van der Waals surface area contributed by atoms with Gasteiger partial charge in [0.15, 0.2) is 0 Å². The normalized spacial score (nSPS) is 11.3. The molecular formula is C10H20NO2PS. The first-order valence-electron chi connectivity index (χ1n) is 5.43. The van der Waals surface area contributed by atoms with Crippen molar-refractivity contribution in [3.63, 3.8) is 0 Å². The van der Waals surface area contributed by atoms with E-state index in [2.05, 4.69) is 19.9 Å². The smallest absolute Gasteiger partial charge is 0.202 e. The van der Waals surface area contributed by atoms with Crippen molar-refractivity contribution >= 4 is 18.3 Å². The molecule has 0 N–H and O–H groups in total. The first kappa shape index (κ1) is 15.1. The summed E-state index contributed by atoms with van der Waals surface area (Å²) in [5.41, 5.74) is 0. The SMILES string of the molecule is CCCCOP(=S)(CC#N)OCCCC. The van der Waals surface area contributed by atoms with Crippen molar-refractivity contribution < 1.29 is 9.05 Å². The van der Waals surface area contributed by atoms with Gasteiger partial charge in [-0.25, -0.2) is 0 Å². The van der Waals surface area contributed by atoms with E-state index in [4.69, 9.17) is 26.1 Å². The van der Waals surface area contributed by atoms with Gasteiger partial charge in [0.1, 0.15) is 6.16 Å². The summed E-state index contributed by atoms with van der Waals surface area (Å²) < 4.78 is 11.1. The molecule has 0 heterocycles. The van der Waals surface area contributed by atoms with Crippen molar-refractivity contribution in [1.29, 1.82) is 5.26 Å². The molecule has 0 aliphatic heterocycles. The average Bonchev–Trinajstić information content (AvgIpc) is 2.19. The average molecular weight is 249 g/mol. The maximum atomic E-state index is 8.67. The number of nitriles is 1. The Morgan fingerprint density at radius 1 is 1.13 bits per heavy atom. The lowest BCUT2D eigenvalue weighted by Gasteiger charge is -2.19. The van der Waals surface area contributed by atoms with Crippen molar-refractivity contribution in [2.24, 2.45) is 0 Å². The van der Waals surface area contributed by atoms with E-state index < -0.39 is 6.49 Å². The highest BCUT2D eigenvalue weighted by Gasteiger charge is 2.17. The summed E-state index contributed by atoms with van der Waals surface area (Å²) in [6, 6.07) is 2.06. The van der Waals surface area contributed by atoms with Crippen molar-refractivity contribution in [3.05, 3.63) is 0 Å². The van der Waals surface area contributed by atoms with E-state index >= 15 is 0 Å². The minimum absolute atomic E-state index is 0.218. The molecular weight excluding hydrogens is 229 g/mol. The number of nitrogens with zero attached hydrogens (tertiary/aromatic N) is 1. The lowest BCUT2D eigenvalue weighted by atomic mass is 10.4. The minimum atomic E-state index is -2.31. The van der Waals surface area contributed by atoms with Gasteiger partial charge in [-0.05, 0) is 24.6 Å². The molecule has 3 nitrogen and oxygen atoms in total. The van der Waals surface area contributed by atoms with Crippen molar-refractivity contribution in [3.8, 4) is 6.07 Å². The number of hydrogen-bond donors (Lipinski definition) is 0. The molecule has 0 fully saturated rings. The second kappa shape index (κ2) is 9.30. The van der Waals surface area contributed by atoms with E-state index in [1.165, 1.54) is 0 Å². The summed E-state index contributed by atoms with van der Waals surface area (Å²) in [4.78, 5) is 0. The lowest BCUT2D eigenvalue weighted by molar-refractivity contribution is 0.242. The van der Waals surface area contributed by atoms with Crippen LogP contribution in [0.5, 0.6) is 0 Å². The van der Waals surface area contributed by atoms with Gasteiger partial charge in [0.2, 0.25) is 6.49 Å². The summed E-state index contributed by atoms with van der Waals surface area (Å²) in [6.07, 6.45) is 4.30. The molecule has 0 aromatic heterocycles. The van der Waals surface area contributed by atoms with E-state index in [0.29, 0.717) is 13.2 Å². The van der Waals surface area contributed by atoms with E-state index in [1.807, 2.05) is 0 Å². The molecule has 0 aliphatic carbocycles. The van der Waals surface area contributed by atoms with Crippen LogP contribution in [-0.4, -0.2) is 19.4 Å². The molecule has 0 aliphatic rings. The molecule has 0 atom stereocenters. The summed E-state index contributed by atoms with van der Waals surface area (Å²) in [5, 5.41) is 8.67. The molecule has 0 aromatic rings. The molecule has 15 heavy (non-hydrogen) atoms. The van der Waals surface area contributed by atoms with E-state index in [-0.39, 0.29) is 6.16 Å². The highest BCUT2D eigenvalue weighted by molar-refractivity contribution is 8.10. The van der Waals surface area contributed by atoms with Gasteiger partial charge in [0.25, 0.3) is 0 Å². The molecule has 0 aromatic carbocycles. The molecule has 0 amide bonds. The van der Waals surface area contributed by atoms with Gasteiger partial charge in [0, 0.05) is 0 Å². The quantitative estimate of drug-likeness (QED) is 0.463. The number of unbranched alkanes of at least 4 members (excludes halogenated alkanes) is 2. The maximum absolute atomic E-state index is 8.67. The van der Waals surface area contributed by atoms with E-state index in [1.54, 1.807) is 0 Å². The Bertz CT molecular complexity index is 226. The second-order valence-electron chi connectivity index (χ2n) is 3.30. The monoisotopic (exact) mass is 249 g/mol. The summed E-state index contributed by atoms with van der Waals surface area (Å²) in [7, 11) is 0. The molecule has 0 rings (SSSR count). The fourth-order valence-corrected chi connectivity index (χ4v) is 2.78. The summed E-state index contributed by atoms with van der Waals surface area (Å²) in [5.74, 6) is 0. The van der Waals surface area contributed by atoms with Crippen molar-refractivity contribution in [2.75, 3.05) is 19.4 Å². The first-order valence-corrected chi connectivity index (χ1v) is 8.26. The fourth-order valence-electron chi connectivity index (χ4n) is 0.911. The highest BCUT2D eigenvalue weighted by atomic mass is 32.5. The molecule has 88 valence electrons. The van der Waals surface area contributed by atoms with Gasteiger partial charge in [-0.15, -0.1) is 0 Å².